The van der Waals surface area contributed by atoms with E-state index in [0.717, 1.165) is 17.0 Å². The Kier molecular flexibility index (Phi) is 3.66. The first-order valence-corrected chi connectivity index (χ1v) is 6.80. The zero-order chi connectivity index (χ0) is 14.8. The van der Waals surface area contributed by atoms with Crippen LogP contribution in [0.4, 0.5) is 10.1 Å². The highest BCUT2D eigenvalue weighted by molar-refractivity contribution is 6.33. The van der Waals surface area contributed by atoms with E-state index in [-0.39, 0.29) is 11.5 Å². The Balaban J connectivity index is 1.82. The molecule has 0 fully saturated rings. The molecule has 2 heterocycles. The van der Waals surface area contributed by atoms with Crippen LogP contribution in [-0.4, -0.2) is 10.2 Å². The van der Waals surface area contributed by atoms with Crippen molar-refractivity contribution in [1.29, 1.82) is 0 Å². The summed E-state index contributed by atoms with van der Waals surface area (Å²) >= 11 is 5.99. The molecule has 4 nitrogen and oxygen atoms in total. The van der Waals surface area contributed by atoms with Crippen molar-refractivity contribution in [3.05, 3.63) is 58.7 Å². The normalized spacial score (nSPS) is 10.8. The maximum Gasteiger partial charge on any atom is 0.152 e. The van der Waals surface area contributed by atoms with Gasteiger partial charge in [0.05, 0.1) is 16.9 Å². The molecule has 2 N–H and O–H groups in total. The number of benzene rings is 1. The van der Waals surface area contributed by atoms with Crippen molar-refractivity contribution in [3.63, 3.8) is 0 Å². The van der Waals surface area contributed by atoms with Gasteiger partial charge in [0.1, 0.15) is 17.3 Å². The maximum atomic E-state index is 13.7. The SMILES string of the molecule is Cc1ccc(-c2[nH]ncc2CNc2c(F)cccc2Cl)o1. The fourth-order valence-corrected chi connectivity index (χ4v) is 2.31. The van der Waals surface area contributed by atoms with E-state index in [2.05, 4.69) is 15.5 Å². The highest BCUT2D eigenvalue weighted by Gasteiger charge is 2.12. The molecule has 3 rings (SSSR count). The molecule has 0 unspecified atom stereocenters. The van der Waals surface area contributed by atoms with E-state index >= 15 is 0 Å². The Morgan fingerprint density at radius 2 is 2.19 bits per heavy atom. The summed E-state index contributed by atoms with van der Waals surface area (Å²) in [5, 5.41) is 10.2. The quantitative estimate of drug-likeness (QED) is 0.752. The van der Waals surface area contributed by atoms with Gasteiger partial charge in [0, 0.05) is 12.1 Å². The van der Waals surface area contributed by atoms with Gasteiger partial charge in [0.25, 0.3) is 0 Å². The summed E-state index contributed by atoms with van der Waals surface area (Å²) in [5.74, 6) is 1.12. The van der Waals surface area contributed by atoms with Crippen LogP contribution in [0.15, 0.2) is 40.9 Å². The van der Waals surface area contributed by atoms with Crippen molar-refractivity contribution < 1.29 is 8.81 Å². The van der Waals surface area contributed by atoms with Crippen LogP contribution < -0.4 is 5.32 Å². The summed E-state index contributed by atoms with van der Waals surface area (Å²) in [5.41, 5.74) is 1.91. The first kappa shape index (κ1) is 13.7. The lowest BCUT2D eigenvalue weighted by atomic mass is 10.2. The molecular weight excluding hydrogens is 293 g/mol. The molecule has 0 amide bonds. The largest absolute Gasteiger partial charge is 0.460 e. The first-order chi connectivity index (χ1) is 10.1. The summed E-state index contributed by atoms with van der Waals surface area (Å²) in [7, 11) is 0. The Morgan fingerprint density at radius 3 is 2.90 bits per heavy atom. The van der Waals surface area contributed by atoms with Crippen LogP contribution in [0, 0.1) is 12.7 Å². The average molecular weight is 306 g/mol. The molecule has 1 aromatic carbocycles. The van der Waals surface area contributed by atoms with Gasteiger partial charge in [0.2, 0.25) is 0 Å². The lowest BCUT2D eigenvalue weighted by Gasteiger charge is -2.09. The number of anilines is 1. The van der Waals surface area contributed by atoms with E-state index in [9.17, 15) is 4.39 Å². The molecule has 6 heteroatoms. The van der Waals surface area contributed by atoms with Gasteiger partial charge >= 0.3 is 0 Å². The number of aryl methyl sites for hydroxylation is 1. The monoisotopic (exact) mass is 305 g/mol. The molecule has 0 aliphatic rings. The second kappa shape index (κ2) is 5.61. The number of aromatic nitrogens is 2. The number of nitrogens with one attached hydrogen (secondary N) is 2. The molecule has 0 radical (unpaired) electrons. The van der Waals surface area contributed by atoms with E-state index < -0.39 is 0 Å². The minimum absolute atomic E-state index is 0.280. The molecule has 0 saturated heterocycles. The molecule has 0 spiro atoms. The topological polar surface area (TPSA) is 53.9 Å². The van der Waals surface area contributed by atoms with Crippen LogP contribution in [0.1, 0.15) is 11.3 Å². The molecular formula is C15H13ClFN3O. The van der Waals surface area contributed by atoms with Gasteiger partial charge in [-0.2, -0.15) is 5.10 Å². The summed E-state index contributed by atoms with van der Waals surface area (Å²) in [4.78, 5) is 0. The van der Waals surface area contributed by atoms with E-state index in [1.165, 1.54) is 6.07 Å². The molecule has 2 aromatic heterocycles. The van der Waals surface area contributed by atoms with Crippen LogP contribution in [0.3, 0.4) is 0 Å². The fraction of sp³-hybridized carbons (Fsp3) is 0.133. The van der Waals surface area contributed by atoms with E-state index in [1.807, 2.05) is 19.1 Å². The minimum atomic E-state index is -0.388. The van der Waals surface area contributed by atoms with Crippen molar-refractivity contribution in [1.82, 2.24) is 10.2 Å². The summed E-state index contributed by atoms with van der Waals surface area (Å²) in [6.45, 7) is 2.25. The molecule has 0 bridgehead atoms. The van der Waals surface area contributed by atoms with E-state index in [1.54, 1.807) is 18.3 Å². The van der Waals surface area contributed by atoms with Crippen LogP contribution in [-0.2, 0) is 6.54 Å². The highest BCUT2D eigenvalue weighted by atomic mass is 35.5. The predicted octanol–water partition coefficient (Wildman–Crippen LogP) is 4.38. The number of halogens is 2. The molecule has 0 saturated carbocycles. The predicted molar refractivity (Wildman–Crippen MR) is 79.8 cm³/mol. The zero-order valence-electron chi connectivity index (χ0n) is 11.3. The number of H-pyrrole nitrogens is 1. The third kappa shape index (κ3) is 2.78. The number of hydrogen-bond acceptors (Lipinski definition) is 3. The van der Waals surface area contributed by atoms with Crippen LogP contribution in [0.25, 0.3) is 11.5 Å². The number of furan rings is 1. The van der Waals surface area contributed by atoms with Gasteiger partial charge in [-0.25, -0.2) is 4.39 Å². The number of rotatable bonds is 4. The van der Waals surface area contributed by atoms with E-state index in [4.69, 9.17) is 16.0 Å². The van der Waals surface area contributed by atoms with Crippen molar-refractivity contribution >= 4 is 17.3 Å². The first-order valence-electron chi connectivity index (χ1n) is 6.42. The Bertz CT molecular complexity index is 746. The lowest BCUT2D eigenvalue weighted by Crippen LogP contribution is -2.02. The molecule has 3 aromatic rings. The third-order valence-corrected chi connectivity index (χ3v) is 3.44. The van der Waals surface area contributed by atoms with Crippen molar-refractivity contribution in [2.24, 2.45) is 0 Å². The number of hydrogen-bond donors (Lipinski definition) is 2. The molecule has 0 aliphatic heterocycles. The smallest absolute Gasteiger partial charge is 0.152 e. The van der Waals surface area contributed by atoms with Gasteiger partial charge < -0.3 is 9.73 Å². The van der Waals surface area contributed by atoms with Crippen LogP contribution >= 0.6 is 11.6 Å². The Labute approximate surface area is 125 Å². The van der Waals surface area contributed by atoms with Crippen molar-refractivity contribution in [2.45, 2.75) is 13.5 Å². The van der Waals surface area contributed by atoms with Crippen LogP contribution in [0.5, 0.6) is 0 Å². The molecule has 21 heavy (non-hydrogen) atoms. The molecule has 0 aliphatic carbocycles. The fourth-order valence-electron chi connectivity index (χ4n) is 2.08. The van der Waals surface area contributed by atoms with Gasteiger partial charge in [-0.1, -0.05) is 17.7 Å². The average Bonchev–Trinajstić information content (AvgIpc) is 3.06. The molecule has 108 valence electrons. The standard InChI is InChI=1S/C15H13ClFN3O/c1-9-5-6-13(21-9)14-10(8-19-20-14)7-18-15-11(16)3-2-4-12(15)17/h2-6,8,18H,7H2,1H3,(H,19,20). The summed E-state index contributed by atoms with van der Waals surface area (Å²) in [6, 6.07) is 8.31. The van der Waals surface area contributed by atoms with Gasteiger partial charge in [-0.05, 0) is 31.2 Å². The number of aromatic amines is 1. The number of nitrogens with zero attached hydrogens (tertiary/aromatic N) is 1. The third-order valence-electron chi connectivity index (χ3n) is 3.12. The Morgan fingerprint density at radius 1 is 1.33 bits per heavy atom. The second-order valence-electron chi connectivity index (χ2n) is 4.63. The van der Waals surface area contributed by atoms with Gasteiger partial charge in [-0.3, -0.25) is 5.10 Å². The Hall–Kier alpha value is -2.27. The number of para-hydroxylation sites is 1. The van der Waals surface area contributed by atoms with Gasteiger partial charge in [0.15, 0.2) is 5.76 Å². The maximum absolute atomic E-state index is 13.7. The van der Waals surface area contributed by atoms with E-state index in [0.29, 0.717) is 17.3 Å². The van der Waals surface area contributed by atoms with Crippen molar-refractivity contribution in [2.75, 3.05) is 5.32 Å². The molecule has 0 atom stereocenters. The zero-order valence-corrected chi connectivity index (χ0v) is 12.0. The van der Waals surface area contributed by atoms with Crippen molar-refractivity contribution in [3.8, 4) is 11.5 Å². The summed E-state index contributed by atoms with van der Waals surface area (Å²) < 4.78 is 19.3. The minimum Gasteiger partial charge on any atom is -0.460 e. The second-order valence-corrected chi connectivity index (χ2v) is 5.04. The highest BCUT2D eigenvalue weighted by Crippen LogP contribution is 2.27. The van der Waals surface area contributed by atoms with Gasteiger partial charge in [-0.15, -0.1) is 0 Å². The summed E-state index contributed by atoms with van der Waals surface area (Å²) in [6.07, 6.45) is 1.68. The van der Waals surface area contributed by atoms with Crippen LogP contribution in [0.2, 0.25) is 5.02 Å². The lowest BCUT2D eigenvalue weighted by molar-refractivity contribution is 0.545.